The minimum Gasteiger partial charge on any atom is -0.469 e. The molecule has 0 aromatic carbocycles. The lowest BCUT2D eigenvalue weighted by Crippen LogP contribution is -2.33. The van der Waals surface area contributed by atoms with E-state index in [-0.39, 0.29) is 36.7 Å². The van der Waals surface area contributed by atoms with E-state index in [1.165, 1.54) is 35.9 Å². The van der Waals surface area contributed by atoms with Crippen LogP contribution in [0, 0.1) is 0 Å². The van der Waals surface area contributed by atoms with Gasteiger partial charge in [-0.2, -0.15) is 5.10 Å². The number of methoxy groups -OCH3 is 2. The second-order valence-electron chi connectivity index (χ2n) is 4.33. The molecule has 8 heteroatoms. The molecule has 0 N–H and O–H groups in total. The summed E-state index contributed by atoms with van der Waals surface area (Å²) in [6.07, 6.45) is 0.0993. The molecule has 0 unspecified atom stereocenters. The summed E-state index contributed by atoms with van der Waals surface area (Å²) >= 11 is 0. The van der Waals surface area contributed by atoms with Crippen LogP contribution in [0.1, 0.15) is 16.9 Å². The normalized spacial score (nSPS) is 10.2. The molecule has 0 saturated carbocycles. The van der Waals surface area contributed by atoms with Gasteiger partial charge in [0.2, 0.25) is 0 Å². The van der Waals surface area contributed by atoms with Gasteiger partial charge in [0.05, 0.1) is 26.7 Å². The highest BCUT2D eigenvalue weighted by atomic mass is 16.5. The lowest BCUT2D eigenvalue weighted by molar-refractivity contribution is -0.140. The van der Waals surface area contributed by atoms with E-state index >= 15 is 0 Å². The average molecular weight is 297 g/mol. The summed E-state index contributed by atoms with van der Waals surface area (Å²) in [6.45, 7) is 0.801. The van der Waals surface area contributed by atoms with Gasteiger partial charge in [-0.1, -0.05) is 0 Å². The summed E-state index contributed by atoms with van der Waals surface area (Å²) in [5.41, 5.74) is -0.168. The van der Waals surface area contributed by atoms with Crippen molar-refractivity contribution in [1.29, 1.82) is 0 Å². The Hall–Kier alpha value is -2.22. The first kappa shape index (κ1) is 16.8. The molecule has 1 amide bonds. The maximum Gasteiger partial charge on any atom is 0.307 e. The molecule has 1 heterocycles. The molecular formula is C13H19N3O5. The number of amides is 1. The summed E-state index contributed by atoms with van der Waals surface area (Å²) < 4.78 is 10.6. The Bertz CT molecular complexity index is 555. The van der Waals surface area contributed by atoms with Gasteiger partial charge in [0.1, 0.15) is 5.69 Å². The van der Waals surface area contributed by atoms with Crippen LogP contribution in [-0.4, -0.2) is 61.0 Å². The van der Waals surface area contributed by atoms with Gasteiger partial charge in [0.15, 0.2) is 0 Å². The van der Waals surface area contributed by atoms with E-state index < -0.39 is 5.97 Å². The summed E-state index contributed by atoms with van der Waals surface area (Å²) in [5, 5.41) is 3.99. The van der Waals surface area contributed by atoms with Gasteiger partial charge in [-0.25, -0.2) is 4.68 Å². The summed E-state index contributed by atoms with van der Waals surface area (Å²) in [6, 6.07) is 2.65. The Balaban J connectivity index is 2.77. The van der Waals surface area contributed by atoms with Crippen molar-refractivity contribution < 1.29 is 19.1 Å². The van der Waals surface area contributed by atoms with Crippen LogP contribution in [-0.2, 0) is 20.8 Å². The van der Waals surface area contributed by atoms with Crippen molar-refractivity contribution in [3.05, 3.63) is 28.2 Å². The van der Waals surface area contributed by atoms with E-state index in [1.807, 2.05) is 0 Å². The van der Waals surface area contributed by atoms with Crippen LogP contribution in [0.4, 0.5) is 0 Å². The Morgan fingerprint density at radius 1 is 1.33 bits per heavy atom. The minimum atomic E-state index is -0.396. The lowest BCUT2D eigenvalue weighted by Gasteiger charge is -2.16. The monoisotopic (exact) mass is 297 g/mol. The van der Waals surface area contributed by atoms with Crippen molar-refractivity contribution in [3.63, 3.8) is 0 Å². The number of esters is 1. The number of aromatic nitrogens is 2. The van der Waals surface area contributed by atoms with Crippen molar-refractivity contribution in [1.82, 2.24) is 14.7 Å². The van der Waals surface area contributed by atoms with Crippen molar-refractivity contribution in [2.45, 2.75) is 13.0 Å². The Morgan fingerprint density at radius 2 is 2.05 bits per heavy atom. The number of hydrogen-bond acceptors (Lipinski definition) is 6. The molecule has 0 aliphatic heterocycles. The fourth-order valence-corrected chi connectivity index (χ4v) is 1.56. The number of carbonyl (C=O) groups is 2. The fourth-order valence-electron chi connectivity index (χ4n) is 1.56. The molecule has 0 atom stereocenters. The van der Waals surface area contributed by atoms with Crippen LogP contribution < -0.4 is 5.56 Å². The Morgan fingerprint density at radius 3 is 2.67 bits per heavy atom. The molecule has 1 rings (SSSR count). The molecule has 0 aliphatic carbocycles. The molecule has 1 aromatic rings. The first-order chi connectivity index (χ1) is 9.99. The number of rotatable bonds is 7. The topological polar surface area (TPSA) is 90.7 Å². The first-order valence-corrected chi connectivity index (χ1v) is 6.39. The van der Waals surface area contributed by atoms with E-state index in [4.69, 9.17) is 4.74 Å². The number of ether oxygens (including phenoxy) is 2. The van der Waals surface area contributed by atoms with Crippen LogP contribution in [0.5, 0.6) is 0 Å². The highest BCUT2D eigenvalue weighted by molar-refractivity contribution is 5.92. The largest absolute Gasteiger partial charge is 0.469 e. The molecule has 116 valence electrons. The van der Waals surface area contributed by atoms with Crippen LogP contribution in [0.3, 0.4) is 0 Å². The van der Waals surface area contributed by atoms with Crippen molar-refractivity contribution in [3.8, 4) is 0 Å². The molecular weight excluding hydrogens is 278 g/mol. The summed E-state index contributed by atoms with van der Waals surface area (Å²) in [7, 11) is 4.36. The number of nitrogens with zero attached hydrogens (tertiary/aromatic N) is 3. The van der Waals surface area contributed by atoms with Crippen molar-refractivity contribution >= 4 is 11.9 Å². The first-order valence-electron chi connectivity index (χ1n) is 6.39. The maximum atomic E-state index is 12.1. The van der Waals surface area contributed by atoms with Crippen molar-refractivity contribution in [2.24, 2.45) is 0 Å². The smallest absolute Gasteiger partial charge is 0.307 e. The average Bonchev–Trinajstić information content (AvgIpc) is 2.50. The molecule has 0 bridgehead atoms. The standard InChI is InChI=1S/C13H19N3O5/c1-15(7-6-12(18)21-3)13(19)10-4-5-11(17)16(14-10)8-9-20-2/h4-5H,6-9H2,1-3H3. The Labute approximate surface area is 122 Å². The van der Waals surface area contributed by atoms with E-state index in [2.05, 4.69) is 9.84 Å². The van der Waals surface area contributed by atoms with Crippen molar-refractivity contribution in [2.75, 3.05) is 34.4 Å². The molecule has 0 spiro atoms. The van der Waals surface area contributed by atoms with Crippen LogP contribution >= 0.6 is 0 Å². The van der Waals surface area contributed by atoms with Gasteiger partial charge >= 0.3 is 5.97 Å². The van der Waals surface area contributed by atoms with Gasteiger partial charge in [-0.05, 0) is 6.07 Å². The third-order valence-electron chi connectivity index (χ3n) is 2.82. The van der Waals surface area contributed by atoms with Crippen LogP contribution in [0.2, 0.25) is 0 Å². The molecule has 21 heavy (non-hydrogen) atoms. The molecule has 0 aliphatic rings. The third kappa shape index (κ3) is 4.99. The molecule has 0 fully saturated rings. The second-order valence-corrected chi connectivity index (χ2v) is 4.33. The van der Waals surface area contributed by atoms with Crippen LogP contribution in [0.15, 0.2) is 16.9 Å². The SMILES string of the molecule is COCCn1nc(C(=O)N(C)CCC(=O)OC)ccc1=O. The predicted molar refractivity (Wildman–Crippen MR) is 74.0 cm³/mol. The molecule has 8 nitrogen and oxygen atoms in total. The van der Waals surface area contributed by atoms with E-state index in [9.17, 15) is 14.4 Å². The van der Waals surface area contributed by atoms with Gasteiger partial charge in [-0.15, -0.1) is 0 Å². The van der Waals surface area contributed by atoms with E-state index in [1.54, 1.807) is 7.05 Å². The minimum absolute atomic E-state index is 0.0993. The number of carbonyl (C=O) groups excluding carboxylic acids is 2. The highest BCUT2D eigenvalue weighted by Crippen LogP contribution is 1.99. The maximum absolute atomic E-state index is 12.1. The number of hydrogen-bond donors (Lipinski definition) is 0. The molecule has 0 radical (unpaired) electrons. The zero-order valence-electron chi connectivity index (χ0n) is 12.4. The second kappa shape index (κ2) is 8.15. The van der Waals surface area contributed by atoms with Gasteiger partial charge < -0.3 is 14.4 Å². The van der Waals surface area contributed by atoms with Gasteiger partial charge in [0.25, 0.3) is 11.5 Å². The van der Waals surface area contributed by atoms with Gasteiger partial charge in [-0.3, -0.25) is 14.4 Å². The summed E-state index contributed by atoms with van der Waals surface area (Å²) in [4.78, 5) is 36.1. The summed E-state index contributed by atoms with van der Waals surface area (Å²) in [5.74, 6) is -0.766. The van der Waals surface area contributed by atoms with Gasteiger partial charge in [0, 0.05) is 26.8 Å². The Kier molecular flexibility index (Phi) is 6.54. The highest BCUT2D eigenvalue weighted by Gasteiger charge is 2.15. The molecule has 1 aromatic heterocycles. The quantitative estimate of drug-likeness (QED) is 0.632. The zero-order valence-corrected chi connectivity index (χ0v) is 12.4. The zero-order chi connectivity index (χ0) is 15.8. The predicted octanol–water partition coefficient (Wildman–Crippen LogP) is -0.475. The lowest BCUT2D eigenvalue weighted by atomic mass is 10.3. The third-order valence-corrected chi connectivity index (χ3v) is 2.82. The van der Waals surface area contributed by atoms with E-state index in [0.29, 0.717) is 6.61 Å². The van der Waals surface area contributed by atoms with Crippen LogP contribution in [0.25, 0.3) is 0 Å². The fraction of sp³-hybridized carbons (Fsp3) is 0.538. The molecule has 0 saturated heterocycles. The van der Waals surface area contributed by atoms with E-state index in [0.717, 1.165) is 0 Å².